The molecule has 2 N–H and O–H groups in total. The molecule has 0 aromatic carbocycles. The van der Waals surface area contributed by atoms with Crippen LogP contribution >= 0.6 is 0 Å². The maximum Gasteiger partial charge on any atom is 0.254 e. The molecule has 1 saturated carbocycles. The van der Waals surface area contributed by atoms with Gasteiger partial charge in [-0.1, -0.05) is 6.42 Å². The van der Waals surface area contributed by atoms with Gasteiger partial charge in [0, 0.05) is 12.7 Å². The fourth-order valence-electron chi connectivity index (χ4n) is 1.41. The summed E-state index contributed by atoms with van der Waals surface area (Å²) in [6.45, 7) is 0.810. The van der Waals surface area contributed by atoms with Crippen LogP contribution < -0.4 is 5.32 Å². The zero-order valence-corrected chi connectivity index (χ0v) is 7.42. The largest absolute Gasteiger partial charge is 0.352 e. The number of nitrogens with one attached hydrogen (secondary N) is 2. The topological polar surface area (TPSA) is 57.8 Å². The number of hydrogen-bond acceptors (Lipinski definition) is 2. The highest BCUT2D eigenvalue weighted by molar-refractivity contribution is 5.93. The van der Waals surface area contributed by atoms with Crippen molar-refractivity contribution in [2.75, 3.05) is 6.54 Å². The average Bonchev–Trinajstić information content (AvgIpc) is 2.52. The van der Waals surface area contributed by atoms with Crippen molar-refractivity contribution in [3.05, 3.63) is 18.0 Å². The Morgan fingerprint density at radius 1 is 1.69 bits per heavy atom. The van der Waals surface area contributed by atoms with Crippen LogP contribution in [0.2, 0.25) is 0 Å². The molecule has 1 aromatic heterocycles. The normalized spacial score (nSPS) is 16.6. The SMILES string of the molecule is O=C(NCC1CCC1)c1cn[nH]c1. The molecule has 1 amide bonds. The fourth-order valence-corrected chi connectivity index (χ4v) is 1.41. The van der Waals surface area contributed by atoms with E-state index in [9.17, 15) is 4.79 Å². The molecule has 0 bridgehead atoms. The first-order chi connectivity index (χ1) is 6.36. The number of H-pyrrole nitrogens is 1. The lowest BCUT2D eigenvalue weighted by atomic mass is 9.85. The summed E-state index contributed by atoms with van der Waals surface area (Å²) in [6.07, 6.45) is 6.97. The van der Waals surface area contributed by atoms with E-state index in [0.717, 1.165) is 6.54 Å². The predicted molar refractivity (Wildman–Crippen MR) is 48.3 cm³/mol. The monoisotopic (exact) mass is 179 g/mol. The summed E-state index contributed by atoms with van der Waals surface area (Å²) in [4.78, 5) is 11.4. The highest BCUT2D eigenvalue weighted by atomic mass is 16.1. The summed E-state index contributed by atoms with van der Waals surface area (Å²) >= 11 is 0. The van der Waals surface area contributed by atoms with E-state index in [1.54, 1.807) is 6.20 Å². The summed E-state index contributed by atoms with van der Waals surface area (Å²) in [7, 11) is 0. The van der Waals surface area contributed by atoms with Gasteiger partial charge in [0.25, 0.3) is 5.91 Å². The van der Waals surface area contributed by atoms with E-state index < -0.39 is 0 Å². The van der Waals surface area contributed by atoms with Crippen molar-refractivity contribution in [1.82, 2.24) is 15.5 Å². The molecule has 1 aliphatic rings. The maximum atomic E-state index is 11.4. The second-order valence-corrected chi connectivity index (χ2v) is 3.49. The Hall–Kier alpha value is -1.32. The summed E-state index contributed by atoms with van der Waals surface area (Å²) in [5.74, 6) is 0.677. The van der Waals surface area contributed by atoms with Gasteiger partial charge in [-0.25, -0.2) is 0 Å². The first kappa shape index (κ1) is 8.29. The van der Waals surface area contributed by atoms with Crippen molar-refractivity contribution in [3.8, 4) is 0 Å². The third-order valence-corrected chi connectivity index (χ3v) is 2.54. The molecule has 2 rings (SSSR count). The summed E-state index contributed by atoms with van der Waals surface area (Å²) in [5.41, 5.74) is 0.610. The predicted octanol–water partition coefficient (Wildman–Crippen LogP) is 0.940. The van der Waals surface area contributed by atoms with E-state index >= 15 is 0 Å². The van der Waals surface area contributed by atoms with Gasteiger partial charge in [0.15, 0.2) is 0 Å². The van der Waals surface area contributed by atoms with Crippen LogP contribution in [-0.2, 0) is 0 Å². The molecule has 0 radical (unpaired) electrons. The van der Waals surface area contributed by atoms with Gasteiger partial charge in [0.05, 0.1) is 11.8 Å². The van der Waals surface area contributed by atoms with Gasteiger partial charge >= 0.3 is 0 Å². The standard InChI is InChI=1S/C9H13N3O/c13-9(8-5-11-12-6-8)10-4-7-2-1-3-7/h5-7H,1-4H2,(H,10,13)(H,11,12). The van der Waals surface area contributed by atoms with Gasteiger partial charge in [-0.05, 0) is 18.8 Å². The molecule has 0 spiro atoms. The molecule has 1 aromatic rings. The van der Waals surface area contributed by atoms with Crippen LogP contribution in [0.3, 0.4) is 0 Å². The maximum absolute atomic E-state index is 11.4. The molecule has 0 atom stereocenters. The van der Waals surface area contributed by atoms with Gasteiger partial charge in [-0.3, -0.25) is 9.89 Å². The second kappa shape index (κ2) is 3.60. The minimum absolute atomic E-state index is 0.0272. The number of amides is 1. The highest BCUT2D eigenvalue weighted by Gasteiger charge is 2.18. The van der Waals surface area contributed by atoms with E-state index in [-0.39, 0.29) is 5.91 Å². The van der Waals surface area contributed by atoms with Crippen LogP contribution in [0.5, 0.6) is 0 Å². The molecule has 4 heteroatoms. The summed E-state index contributed by atoms with van der Waals surface area (Å²) in [6, 6.07) is 0. The van der Waals surface area contributed by atoms with Gasteiger partial charge in [-0.15, -0.1) is 0 Å². The van der Waals surface area contributed by atoms with Crippen LogP contribution in [0.1, 0.15) is 29.6 Å². The number of aromatic nitrogens is 2. The van der Waals surface area contributed by atoms with Gasteiger partial charge in [-0.2, -0.15) is 5.10 Å². The summed E-state index contributed by atoms with van der Waals surface area (Å²) < 4.78 is 0. The molecule has 1 aliphatic carbocycles. The molecule has 1 heterocycles. The number of carbonyl (C=O) groups excluding carboxylic acids is 1. The number of hydrogen-bond donors (Lipinski definition) is 2. The number of carbonyl (C=O) groups is 1. The Balaban J connectivity index is 1.78. The van der Waals surface area contributed by atoms with Crippen molar-refractivity contribution in [1.29, 1.82) is 0 Å². The number of rotatable bonds is 3. The smallest absolute Gasteiger partial charge is 0.254 e. The zero-order chi connectivity index (χ0) is 9.10. The summed E-state index contributed by atoms with van der Waals surface area (Å²) in [5, 5.41) is 9.22. The van der Waals surface area contributed by atoms with E-state index in [1.165, 1.54) is 25.5 Å². The Kier molecular flexibility index (Phi) is 2.29. The third kappa shape index (κ3) is 1.88. The number of aromatic amines is 1. The number of nitrogens with zero attached hydrogens (tertiary/aromatic N) is 1. The molecule has 0 unspecified atom stereocenters. The van der Waals surface area contributed by atoms with E-state index in [2.05, 4.69) is 15.5 Å². The quantitative estimate of drug-likeness (QED) is 0.725. The van der Waals surface area contributed by atoms with Gasteiger partial charge < -0.3 is 5.32 Å². The van der Waals surface area contributed by atoms with Crippen molar-refractivity contribution in [2.24, 2.45) is 5.92 Å². The van der Waals surface area contributed by atoms with Crippen molar-refractivity contribution < 1.29 is 4.79 Å². The lowest BCUT2D eigenvalue weighted by molar-refractivity contribution is 0.0939. The minimum Gasteiger partial charge on any atom is -0.352 e. The Morgan fingerprint density at radius 2 is 2.54 bits per heavy atom. The molecule has 70 valence electrons. The zero-order valence-electron chi connectivity index (χ0n) is 7.42. The van der Waals surface area contributed by atoms with Crippen LogP contribution in [0.15, 0.2) is 12.4 Å². The average molecular weight is 179 g/mol. The van der Waals surface area contributed by atoms with Crippen LogP contribution in [0.25, 0.3) is 0 Å². The first-order valence-corrected chi connectivity index (χ1v) is 4.63. The fraction of sp³-hybridized carbons (Fsp3) is 0.556. The molecule has 0 aliphatic heterocycles. The van der Waals surface area contributed by atoms with Crippen LogP contribution in [0, 0.1) is 5.92 Å². The lowest BCUT2D eigenvalue weighted by Gasteiger charge is -2.25. The van der Waals surface area contributed by atoms with Crippen LogP contribution in [0.4, 0.5) is 0 Å². The van der Waals surface area contributed by atoms with Gasteiger partial charge in [0.2, 0.25) is 0 Å². The third-order valence-electron chi connectivity index (χ3n) is 2.54. The van der Waals surface area contributed by atoms with Crippen molar-refractivity contribution in [2.45, 2.75) is 19.3 Å². The van der Waals surface area contributed by atoms with Gasteiger partial charge in [0.1, 0.15) is 0 Å². The van der Waals surface area contributed by atoms with E-state index in [4.69, 9.17) is 0 Å². The first-order valence-electron chi connectivity index (χ1n) is 4.63. The minimum atomic E-state index is -0.0272. The Bertz CT molecular complexity index is 277. The Labute approximate surface area is 76.7 Å². The second-order valence-electron chi connectivity index (χ2n) is 3.49. The van der Waals surface area contributed by atoms with Crippen LogP contribution in [-0.4, -0.2) is 22.6 Å². The molecule has 4 nitrogen and oxygen atoms in total. The highest BCUT2D eigenvalue weighted by Crippen LogP contribution is 2.25. The molecular formula is C9H13N3O. The van der Waals surface area contributed by atoms with Crippen molar-refractivity contribution in [3.63, 3.8) is 0 Å². The molecule has 0 saturated heterocycles. The molecule has 1 fully saturated rings. The lowest BCUT2D eigenvalue weighted by Crippen LogP contribution is -2.31. The molecule has 13 heavy (non-hydrogen) atoms. The van der Waals surface area contributed by atoms with Crippen molar-refractivity contribution >= 4 is 5.91 Å². The molecular weight excluding hydrogens is 166 g/mol. The van der Waals surface area contributed by atoms with E-state index in [1.807, 2.05) is 0 Å². The van der Waals surface area contributed by atoms with E-state index in [0.29, 0.717) is 11.5 Å². The Morgan fingerprint density at radius 3 is 3.08 bits per heavy atom.